The van der Waals surface area contributed by atoms with Crippen molar-refractivity contribution in [3.8, 4) is 0 Å². The molecule has 0 rings (SSSR count). The molecule has 0 radical (unpaired) electrons. The molecule has 13 nitrogen and oxygen atoms in total. The molecule has 14 heteroatoms. The first-order valence-electron chi connectivity index (χ1n) is 23.9. The van der Waals surface area contributed by atoms with E-state index in [1.165, 1.54) is 32.1 Å². The van der Waals surface area contributed by atoms with Crippen molar-refractivity contribution in [2.45, 2.75) is 181 Å². The summed E-state index contributed by atoms with van der Waals surface area (Å²) in [6.45, 7) is 19.1. The normalized spacial score (nSPS) is 16.1. The lowest BCUT2D eigenvalue weighted by Crippen LogP contribution is -2.42. The highest BCUT2D eigenvalue weighted by molar-refractivity contribution is 6.56. The van der Waals surface area contributed by atoms with Crippen LogP contribution in [0.1, 0.15) is 151 Å². The van der Waals surface area contributed by atoms with Gasteiger partial charge in [0.1, 0.15) is 0 Å². The summed E-state index contributed by atoms with van der Waals surface area (Å²) in [5.74, 6) is 1.50. The second-order valence-corrected chi connectivity index (χ2v) is 19.4. The van der Waals surface area contributed by atoms with E-state index in [9.17, 15) is 34.8 Å². The van der Waals surface area contributed by atoms with Crippen molar-refractivity contribution in [2.75, 3.05) is 92.1 Å². The molecule has 0 fully saturated rings. The lowest BCUT2D eigenvalue weighted by Gasteiger charge is -2.28. The zero-order valence-corrected chi connectivity index (χ0v) is 39.8. The van der Waals surface area contributed by atoms with Crippen molar-refractivity contribution >= 4 is 8.80 Å². The number of nitrogens with zero attached hydrogens (tertiary/aromatic N) is 2. The molecule has 0 heterocycles. The summed E-state index contributed by atoms with van der Waals surface area (Å²) in [6.07, 6.45) is 14.8. The third kappa shape index (κ3) is 36.8. The van der Waals surface area contributed by atoms with E-state index in [0.29, 0.717) is 70.3 Å². The lowest BCUT2D eigenvalue weighted by molar-refractivity contribution is -0.0209. The fourth-order valence-electron chi connectivity index (χ4n) is 7.38. The van der Waals surface area contributed by atoms with E-state index in [0.717, 1.165) is 77.2 Å². The van der Waals surface area contributed by atoms with Crippen LogP contribution in [0, 0.1) is 17.8 Å². The molecule has 0 aliphatic carbocycles. The number of rotatable bonds is 45. The Labute approximate surface area is 362 Å². The molecule has 0 saturated heterocycles. The summed E-state index contributed by atoms with van der Waals surface area (Å²) < 4.78 is 23.4. The minimum Gasteiger partial charge on any atom is -0.390 e. The van der Waals surface area contributed by atoms with E-state index in [1.807, 2.05) is 0 Å². The minimum atomic E-state index is -4.11. The van der Waals surface area contributed by atoms with Crippen molar-refractivity contribution < 1.29 is 53.8 Å². The molecule has 0 aromatic carbocycles. The van der Waals surface area contributed by atoms with Gasteiger partial charge < -0.3 is 53.8 Å². The third-order valence-corrected chi connectivity index (χ3v) is 12.3. The fourth-order valence-corrected chi connectivity index (χ4v) is 8.00. The van der Waals surface area contributed by atoms with Gasteiger partial charge in [-0.25, -0.2) is 0 Å². The molecule has 59 heavy (non-hydrogen) atoms. The summed E-state index contributed by atoms with van der Waals surface area (Å²) in [5.41, 5.74) is 0. The first-order valence-corrected chi connectivity index (χ1v) is 26.0. The average molecular weight is 869 g/mol. The SMILES string of the molecule is CCCCC(CC)COCC(O)CN(CCCCCCN(CC(O)COCC(CC)CCCC)CC(O)COCC(CC)CCCC)CC(O)COCCC[Si](O)(O)O. The molecule has 0 aromatic heterocycles. The number of hydrogen-bond acceptors (Lipinski definition) is 13. The Kier molecular flexibility index (Phi) is 39.1. The Morgan fingerprint density at radius 1 is 0.407 bits per heavy atom. The maximum absolute atomic E-state index is 11.0. The predicted octanol–water partition coefficient (Wildman–Crippen LogP) is 5.62. The molecule has 7 unspecified atom stereocenters. The number of aliphatic hydroxyl groups is 4. The smallest absolute Gasteiger partial charge is 0.390 e. The average Bonchev–Trinajstić information content (AvgIpc) is 3.19. The van der Waals surface area contributed by atoms with Gasteiger partial charge in [0.05, 0.1) is 50.8 Å². The number of unbranched alkanes of at least 4 members (excludes halogenated alkanes) is 6. The van der Waals surface area contributed by atoms with Crippen LogP contribution in [0.5, 0.6) is 0 Å². The predicted molar refractivity (Wildman–Crippen MR) is 240 cm³/mol. The standard InChI is InChI=1S/C45H96N2O11Si/c1-7-13-21-39(10-4)32-56-36-43(49)29-46(28-42(48)35-55-26-20-27-59(52,53)54)24-18-16-17-19-25-47(30-44(50)37-57-33-40(11-5)22-14-8-2)31-45(51)38-58-34-41(12-6)23-15-9-3/h39-45,48-54H,7-38H2,1-6H3. The highest BCUT2D eigenvalue weighted by atomic mass is 28.4. The molecule has 0 amide bonds. The van der Waals surface area contributed by atoms with Gasteiger partial charge in [-0.15, -0.1) is 0 Å². The second-order valence-electron chi connectivity index (χ2n) is 17.4. The van der Waals surface area contributed by atoms with Gasteiger partial charge in [-0.1, -0.05) is 112 Å². The van der Waals surface area contributed by atoms with Gasteiger partial charge in [-0.3, -0.25) is 9.80 Å². The Hall–Kier alpha value is -0.303. The van der Waals surface area contributed by atoms with E-state index in [1.54, 1.807) is 0 Å². The van der Waals surface area contributed by atoms with Gasteiger partial charge in [0.15, 0.2) is 0 Å². The van der Waals surface area contributed by atoms with Crippen LogP contribution >= 0.6 is 0 Å². The zero-order valence-electron chi connectivity index (χ0n) is 38.8. The number of aliphatic hydroxyl groups excluding tert-OH is 4. The first kappa shape index (κ1) is 58.7. The minimum absolute atomic E-state index is 0.0647. The second kappa shape index (κ2) is 39.3. The van der Waals surface area contributed by atoms with Crippen molar-refractivity contribution in [3.05, 3.63) is 0 Å². The van der Waals surface area contributed by atoms with Gasteiger partial charge in [-0.2, -0.15) is 0 Å². The van der Waals surface area contributed by atoms with E-state index in [4.69, 9.17) is 18.9 Å². The van der Waals surface area contributed by atoms with Crippen LogP contribution in [0.4, 0.5) is 0 Å². The molecule has 0 aromatic rings. The molecule has 7 atom stereocenters. The molecule has 7 N–H and O–H groups in total. The first-order chi connectivity index (χ1) is 28.3. The molecule has 0 aliphatic rings. The highest BCUT2D eigenvalue weighted by Gasteiger charge is 2.26. The van der Waals surface area contributed by atoms with Gasteiger partial charge in [-0.05, 0) is 69.4 Å². The van der Waals surface area contributed by atoms with E-state index in [-0.39, 0.29) is 45.5 Å². The van der Waals surface area contributed by atoms with E-state index in [2.05, 4.69) is 51.3 Å². The quantitative estimate of drug-likeness (QED) is 0.0296. The summed E-state index contributed by atoms with van der Waals surface area (Å²) >= 11 is 0. The Morgan fingerprint density at radius 2 is 0.729 bits per heavy atom. The monoisotopic (exact) mass is 869 g/mol. The van der Waals surface area contributed by atoms with Gasteiger partial charge in [0.2, 0.25) is 0 Å². The van der Waals surface area contributed by atoms with Crippen LogP contribution in [0.3, 0.4) is 0 Å². The lowest BCUT2D eigenvalue weighted by atomic mass is 10.0. The highest BCUT2D eigenvalue weighted by Crippen LogP contribution is 2.16. The Morgan fingerprint density at radius 3 is 1.02 bits per heavy atom. The maximum Gasteiger partial charge on any atom is 0.492 e. The van der Waals surface area contributed by atoms with Gasteiger partial charge in [0.25, 0.3) is 0 Å². The molecule has 356 valence electrons. The summed E-state index contributed by atoms with van der Waals surface area (Å²) in [4.78, 5) is 31.9. The van der Waals surface area contributed by atoms with Crippen molar-refractivity contribution in [1.82, 2.24) is 9.80 Å². The summed E-state index contributed by atoms with van der Waals surface area (Å²) in [7, 11) is -4.11. The van der Waals surface area contributed by atoms with Crippen molar-refractivity contribution in [1.29, 1.82) is 0 Å². The summed E-state index contributed by atoms with van der Waals surface area (Å²) in [6, 6.07) is -0.113. The summed E-state index contributed by atoms with van der Waals surface area (Å²) in [5, 5.41) is 43.6. The van der Waals surface area contributed by atoms with Crippen LogP contribution in [-0.2, 0) is 18.9 Å². The van der Waals surface area contributed by atoms with E-state index < -0.39 is 33.2 Å². The van der Waals surface area contributed by atoms with Crippen LogP contribution < -0.4 is 0 Å². The molecule has 0 saturated carbocycles. The maximum atomic E-state index is 11.0. The number of ether oxygens (including phenoxy) is 4. The molecule has 0 spiro atoms. The molecule has 0 bridgehead atoms. The fraction of sp³-hybridized carbons (Fsp3) is 1.00. The third-order valence-electron chi connectivity index (χ3n) is 11.3. The Balaban J connectivity index is 5.20. The largest absolute Gasteiger partial charge is 0.492 e. The zero-order chi connectivity index (χ0) is 44.2. The van der Waals surface area contributed by atoms with Gasteiger partial charge >= 0.3 is 8.80 Å². The van der Waals surface area contributed by atoms with E-state index >= 15 is 0 Å². The van der Waals surface area contributed by atoms with Crippen molar-refractivity contribution in [2.24, 2.45) is 17.8 Å². The topological polar surface area (TPSA) is 185 Å². The Bertz CT molecular complexity index is 863. The van der Waals surface area contributed by atoms with Gasteiger partial charge in [0, 0.05) is 58.7 Å². The van der Waals surface area contributed by atoms with Crippen LogP contribution in [0.25, 0.3) is 0 Å². The molecular weight excluding hydrogens is 773 g/mol. The van der Waals surface area contributed by atoms with Crippen LogP contribution in [-0.4, -0.2) is 170 Å². The van der Waals surface area contributed by atoms with Crippen LogP contribution in [0.15, 0.2) is 0 Å². The molecule has 0 aliphatic heterocycles. The molecular formula is C45H96N2O11Si. The number of hydrogen-bond donors (Lipinski definition) is 7. The van der Waals surface area contributed by atoms with Crippen molar-refractivity contribution in [3.63, 3.8) is 0 Å². The van der Waals surface area contributed by atoms with Crippen LogP contribution in [0.2, 0.25) is 6.04 Å².